The summed E-state index contributed by atoms with van der Waals surface area (Å²) in [6.07, 6.45) is -3.52. The first-order valence-corrected chi connectivity index (χ1v) is 10.5. The van der Waals surface area contributed by atoms with Gasteiger partial charge in [-0.25, -0.2) is 14.8 Å². The number of likely N-dealkylation sites (tertiary alicyclic amines) is 1. The molecule has 28 heavy (non-hydrogen) atoms. The Morgan fingerprint density at radius 2 is 1.96 bits per heavy atom. The van der Waals surface area contributed by atoms with E-state index in [4.69, 9.17) is 4.74 Å². The third kappa shape index (κ3) is 4.12. The summed E-state index contributed by atoms with van der Waals surface area (Å²) in [5.41, 5.74) is -1.65. The summed E-state index contributed by atoms with van der Waals surface area (Å²) in [7, 11) is 0. The normalized spacial score (nSPS) is 18.1. The minimum Gasteiger partial charge on any atom is -0.444 e. The second-order valence-electron chi connectivity index (χ2n) is 7.31. The number of nitrogens with zero attached hydrogens (tertiary/aromatic N) is 4. The van der Waals surface area contributed by atoms with E-state index in [2.05, 4.69) is 9.97 Å². The number of carbonyl (C=O) groups is 1. The summed E-state index contributed by atoms with van der Waals surface area (Å²) in [4.78, 5) is 34.1. The van der Waals surface area contributed by atoms with Crippen molar-refractivity contribution in [3.05, 3.63) is 16.2 Å². The number of carbonyl (C=O) groups excluding carboxylic acids is 1. The van der Waals surface area contributed by atoms with Crippen molar-refractivity contribution in [2.75, 3.05) is 19.3 Å². The Morgan fingerprint density at radius 1 is 1.29 bits per heavy atom. The summed E-state index contributed by atoms with van der Waals surface area (Å²) in [6, 6.07) is -0.854. The Morgan fingerprint density at radius 3 is 2.54 bits per heavy atom. The average molecular weight is 436 g/mol. The molecule has 1 atom stereocenters. The zero-order valence-corrected chi connectivity index (χ0v) is 17.3. The van der Waals surface area contributed by atoms with Crippen LogP contribution >= 0.6 is 23.1 Å². The smallest absolute Gasteiger partial charge is 0.444 e. The molecule has 0 bridgehead atoms. The standard InChI is InChI=1S/C16H19F3N4O3S2/c1-15(2,3)26-14(25)22-6-5-8(7-22)23-11(24)9-10(28-13(20-9)27-4)21-12(23)16(17,18)19/h8H,5-7H2,1-4H3. The van der Waals surface area contributed by atoms with Gasteiger partial charge in [-0.05, 0) is 33.4 Å². The molecule has 2 aromatic heterocycles. The van der Waals surface area contributed by atoms with Crippen molar-refractivity contribution >= 4 is 39.5 Å². The van der Waals surface area contributed by atoms with E-state index in [9.17, 15) is 22.8 Å². The summed E-state index contributed by atoms with van der Waals surface area (Å²) in [5, 5.41) is 0. The van der Waals surface area contributed by atoms with Gasteiger partial charge in [0.2, 0.25) is 5.82 Å². The van der Waals surface area contributed by atoms with Gasteiger partial charge in [0, 0.05) is 13.1 Å². The van der Waals surface area contributed by atoms with Crippen LogP contribution in [-0.2, 0) is 10.9 Å². The van der Waals surface area contributed by atoms with Crippen molar-refractivity contribution in [3.8, 4) is 0 Å². The van der Waals surface area contributed by atoms with Crippen LogP contribution in [0.3, 0.4) is 0 Å². The second-order valence-corrected chi connectivity index (χ2v) is 9.35. The first-order chi connectivity index (χ1) is 12.9. The maximum absolute atomic E-state index is 13.6. The average Bonchev–Trinajstić information content (AvgIpc) is 3.18. The van der Waals surface area contributed by atoms with E-state index < -0.39 is 35.3 Å². The van der Waals surface area contributed by atoms with Crippen LogP contribution in [0.4, 0.5) is 18.0 Å². The summed E-state index contributed by atoms with van der Waals surface area (Å²) in [6.45, 7) is 5.23. The number of alkyl halides is 3. The Balaban J connectivity index is 2.01. The number of aromatic nitrogens is 3. The Kier molecular flexibility index (Phi) is 5.38. The number of amides is 1. The highest BCUT2D eigenvalue weighted by molar-refractivity contribution is 8.00. The van der Waals surface area contributed by atoms with Gasteiger partial charge in [0.05, 0.1) is 6.04 Å². The monoisotopic (exact) mass is 436 g/mol. The Labute approximate surface area is 166 Å². The van der Waals surface area contributed by atoms with Crippen LogP contribution in [0.15, 0.2) is 9.13 Å². The first kappa shape index (κ1) is 20.9. The molecular weight excluding hydrogens is 417 g/mol. The van der Waals surface area contributed by atoms with Crippen molar-refractivity contribution in [2.45, 2.75) is 49.4 Å². The minimum absolute atomic E-state index is 0.0417. The molecule has 0 aromatic carbocycles. The molecule has 0 spiro atoms. The number of halogens is 3. The van der Waals surface area contributed by atoms with Gasteiger partial charge in [0.1, 0.15) is 5.60 Å². The third-order valence-electron chi connectivity index (χ3n) is 4.06. The Bertz CT molecular complexity index is 965. The van der Waals surface area contributed by atoms with E-state index in [0.717, 1.165) is 11.3 Å². The van der Waals surface area contributed by atoms with E-state index in [1.807, 2.05) is 0 Å². The molecule has 0 aliphatic carbocycles. The number of fused-ring (bicyclic) bond motifs is 1. The lowest BCUT2D eigenvalue weighted by molar-refractivity contribution is -0.148. The maximum atomic E-state index is 13.6. The molecule has 2 aromatic rings. The number of hydrogen-bond donors (Lipinski definition) is 0. The van der Waals surface area contributed by atoms with Crippen LogP contribution in [0.1, 0.15) is 39.1 Å². The van der Waals surface area contributed by atoms with E-state index in [-0.39, 0.29) is 29.9 Å². The highest BCUT2D eigenvalue weighted by atomic mass is 32.2. The fraction of sp³-hybridized carbons (Fsp3) is 0.625. The molecule has 1 aliphatic heterocycles. The summed E-state index contributed by atoms with van der Waals surface area (Å²) in [5.74, 6) is -1.27. The van der Waals surface area contributed by atoms with Crippen molar-refractivity contribution in [1.82, 2.24) is 19.4 Å². The molecule has 3 rings (SSSR count). The minimum atomic E-state index is -4.81. The molecule has 3 heterocycles. The maximum Gasteiger partial charge on any atom is 0.449 e. The van der Waals surface area contributed by atoms with Gasteiger partial charge in [-0.3, -0.25) is 9.36 Å². The van der Waals surface area contributed by atoms with Crippen molar-refractivity contribution < 1.29 is 22.7 Å². The predicted octanol–water partition coefficient (Wildman–Crippen LogP) is 3.78. The van der Waals surface area contributed by atoms with Gasteiger partial charge in [0.15, 0.2) is 14.7 Å². The second kappa shape index (κ2) is 7.21. The molecule has 1 unspecified atom stereocenters. The predicted molar refractivity (Wildman–Crippen MR) is 99.9 cm³/mol. The van der Waals surface area contributed by atoms with Gasteiger partial charge in [-0.15, -0.1) is 0 Å². The lowest BCUT2D eigenvalue weighted by atomic mass is 10.2. The van der Waals surface area contributed by atoms with Crippen LogP contribution in [0.2, 0.25) is 0 Å². The lowest BCUT2D eigenvalue weighted by Crippen LogP contribution is -2.37. The van der Waals surface area contributed by atoms with Crippen LogP contribution in [0.5, 0.6) is 0 Å². The number of thiazole rings is 1. The highest BCUT2D eigenvalue weighted by Crippen LogP contribution is 2.34. The molecule has 1 saturated heterocycles. The molecule has 0 N–H and O–H groups in total. The molecule has 0 saturated carbocycles. The SMILES string of the molecule is CSc1nc2c(=O)n(C3CCN(C(=O)OC(C)(C)C)C3)c(C(F)(F)F)nc2s1. The zero-order chi connectivity index (χ0) is 20.9. The molecule has 1 amide bonds. The zero-order valence-electron chi connectivity index (χ0n) is 15.7. The van der Waals surface area contributed by atoms with Gasteiger partial charge >= 0.3 is 12.3 Å². The van der Waals surface area contributed by atoms with E-state index >= 15 is 0 Å². The fourth-order valence-corrected chi connectivity index (χ4v) is 4.36. The van der Waals surface area contributed by atoms with Crippen molar-refractivity contribution in [1.29, 1.82) is 0 Å². The number of rotatable bonds is 2. The first-order valence-electron chi connectivity index (χ1n) is 8.43. The van der Waals surface area contributed by atoms with Crippen LogP contribution in [0, 0.1) is 0 Å². The largest absolute Gasteiger partial charge is 0.449 e. The van der Waals surface area contributed by atoms with Gasteiger partial charge in [-0.2, -0.15) is 13.2 Å². The molecule has 154 valence electrons. The summed E-state index contributed by atoms with van der Waals surface area (Å²) < 4.78 is 47.3. The highest BCUT2D eigenvalue weighted by Gasteiger charge is 2.42. The van der Waals surface area contributed by atoms with Crippen LogP contribution in [-0.4, -0.2) is 50.5 Å². The topological polar surface area (TPSA) is 77.3 Å². The van der Waals surface area contributed by atoms with Gasteiger partial charge < -0.3 is 9.64 Å². The lowest BCUT2D eigenvalue weighted by Gasteiger charge is -2.25. The fourth-order valence-electron chi connectivity index (χ4n) is 2.94. The van der Waals surface area contributed by atoms with Crippen molar-refractivity contribution in [2.24, 2.45) is 0 Å². The molecule has 1 aliphatic rings. The number of thioether (sulfide) groups is 1. The summed E-state index contributed by atoms with van der Waals surface area (Å²) >= 11 is 2.18. The molecule has 1 fully saturated rings. The van der Waals surface area contributed by atoms with E-state index in [1.165, 1.54) is 16.7 Å². The molecule has 12 heteroatoms. The van der Waals surface area contributed by atoms with Crippen molar-refractivity contribution in [3.63, 3.8) is 0 Å². The van der Waals surface area contributed by atoms with Gasteiger partial charge in [0.25, 0.3) is 5.56 Å². The van der Waals surface area contributed by atoms with Crippen LogP contribution < -0.4 is 5.56 Å². The molecule has 0 radical (unpaired) electrons. The number of hydrogen-bond acceptors (Lipinski definition) is 7. The Hall–Kier alpha value is -1.82. The number of ether oxygens (including phenoxy) is 1. The molecule has 7 nitrogen and oxygen atoms in total. The third-order valence-corrected chi connectivity index (χ3v) is 5.99. The molecular formula is C16H19F3N4O3S2. The van der Waals surface area contributed by atoms with Gasteiger partial charge in [-0.1, -0.05) is 23.1 Å². The quantitative estimate of drug-likeness (QED) is 0.667. The van der Waals surface area contributed by atoms with Crippen LogP contribution in [0.25, 0.3) is 10.3 Å². The van der Waals surface area contributed by atoms with E-state index in [0.29, 0.717) is 8.91 Å². The van der Waals surface area contributed by atoms with E-state index in [1.54, 1.807) is 27.0 Å².